The highest BCUT2D eigenvalue weighted by molar-refractivity contribution is 5.46. The molecule has 5 heteroatoms. The molecule has 5 rings (SSSR count). The molecule has 4 nitrogen and oxygen atoms in total. The van der Waals surface area contributed by atoms with Crippen molar-refractivity contribution in [3.63, 3.8) is 0 Å². The molecule has 3 aromatic rings. The summed E-state index contributed by atoms with van der Waals surface area (Å²) in [5, 5.41) is 0. The van der Waals surface area contributed by atoms with Crippen molar-refractivity contribution in [1.82, 2.24) is 4.90 Å². The maximum Gasteiger partial charge on any atom is 0.278 e. The van der Waals surface area contributed by atoms with E-state index in [2.05, 4.69) is 40.1 Å². The van der Waals surface area contributed by atoms with Gasteiger partial charge in [-0.2, -0.15) is 0 Å². The van der Waals surface area contributed by atoms with Gasteiger partial charge in [0.05, 0.1) is 0 Å². The zero-order valence-corrected chi connectivity index (χ0v) is 17.5. The normalized spacial score (nSPS) is 17.6. The summed E-state index contributed by atoms with van der Waals surface area (Å²) >= 11 is 0. The van der Waals surface area contributed by atoms with Crippen LogP contribution in [0.5, 0.6) is 11.5 Å². The van der Waals surface area contributed by atoms with Crippen molar-refractivity contribution in [3.8, 4) is 11.5 Å². The molecule has 3 aromatic carbocycles. The van der Waals surface area contributed by atoms with Gasteiger partial charge in [0.1, 0.15) is 5.82 Å². The summed E-state index contributed by atoms with van der Waals surface area (Å²) in [6.45, 7) is 5.13. The molecule has 160 valence electrons. The summed E-state index contributed by atoms with van der Waals surface area (Å²) in [5.74, 6) is 0.320. The first kappa shape index (κ1) is 19.9. The van der Waals surface area contributed by atoms with Crippen LogP contribution in [0.3, 0.4) is 0 Å². The molecule has 2 heterocycles. The van der Waals surface area contributed by atoms with Crippen molar-refractivity contribution in [3.05, 3.63) is 90.2 Å². The largest absolute Gasteiger partial charge is 0.444 e. The van der Waals surface area contributed by atoms with Crippen molar-refractivity contribution < 1.29 is 13.9 Å². The fourth-order valence-corrected chi connectivity index (χ4v) is 4.47. The van der Waals surface area contributed by atoms with Gasteiger partial charge in [-0.15, -0.1) is 0 Å². The first-order valence-corrected chi connectivity index (χ1v) is 11.0. The monoisotopic (exact) mass is 418 g/mol. The fraction of sp³-hybridized carbons (Fsp3) is 0.308. The molecule has 2 aliphatic heterocycles. The number of para-hydroxylation sites is 3. The third-order valence-electron chi connectivity index (χ3n) is 6.16. The number of anilines is 1. The Kier molecular flexibility index (Phi) is 5.51. The maximum atomic E-state index is 13.5. The zero-order valence-electron chi connectivity index (χ0n) is 17.5. The summed E-state index contributed by atoms with van der Waals surface area (Å²) < 4.78 is 26.1. The highest BCUT2D eigenvalue weighted by Gasteiger charge is 2.43. The quantitative estimate of drug-likeness (QED) is 0.559. The van der Waals surface area contributed by atoms with Gasteiger partial charge in [0, 0.05) is 43.9 Å². The fourth-order valence-electron chi connectivity index (χ4n) is 4.47. The van der Waals surface area contributed by atoms with Crippen LogP contribution in [0.1, 0.15) is 18.4 Å². The zero-order chi connectivity index (χ0) is 21.1. The van der Waals surface area contributed by atoms with E-state index in [1.54, 1.807) is 12.1 Å². The van der Waals surface area contributed by atoms with Crippen LogP contribution < -0.4 is 14.4 Å². The standard InChI is InChI=1S/C26H27FN2O2/c27-22-13-11-21(12-14-22)26(30-24-9-4-5-10-25(24)31-26)15-6-16-28-17-19-29(20-18-28)23-7-2-1-3-8-23/h1-5,7-14H,6,15-20H2. The molecule has 0 bridgehead atoms. The lowest BCUT2D eigenvalue weighted by Crippen LogP contribution is -2.47. The van der Waals surface area contributed by atoms with Gasteiger partial charge >= 0.3 is 0 Å². The number of piperazine rings is 1. The predicted molar refractivity (Wildman–Crippen MR) is 120 cm³/mol. The number of halogens is 1. The van der Waals surface area contributed by atoms with Gasteiger partial charge in [-0.25, -0.2) is 4.39 Å². The van der Waals surface area contributed by atoms with E-state index < -0.39 is 5.79 Å². The van der Waals surface area contributed by atoms with Crippen LogP contribution in [0.25, 0.3) is 0 Å². The first-order chi connectivity index (χ1) is 15.2. The number of hydrogen-bond donors (Lipinski definition) is 0. The Morgan fingerprint density at radius 2 is 1.35 bits per heavy atom. The second-order valence-electron chi connectivity index (χ2n) is 8.18. The van der Waals surface area contributed by atoms with E-state index in [0.29, 0.717) is 6.42 Å². The third-order valence-corrected chi connectivity index (χ3v) is 6.16. The molecule has 0 aromatic heterocycles. The van der Waals surface area contributed by atoms with Crippen LogP contribution >= 0.6 is 0 Å². The van der Waals surface area contributed by atoms with E-state index in [9.17, 15) is 4.39 Å². The molecule has 0 saturated carbocycles. The average molecular weight is 419 g/mol. The maximum absolute atomic E-state index is 13.5. The molecule has 0 spiro atoms. The summed E-state index contributed by atoms with van der Waals surface area (Å²) in [6.07, 6.45) is 1.63. The van der Waals surface area contributed by atoms with Crippen LogP contribution in [0, 0.1) is 5.82 Å². The highest BCUT2D eigenvalue weighted by atomic mass is 19.1. The van der Waals surface area contributed by atoms with E-state index in [4.69, 9.17) is 9.47 Å². The lowest BCUT2D eigenvalue weighted by Gasteiger charge is -2.36. The van der Waals surface area contributed by atoms with Gasteiger partial charge in [0.2, 0.25) is 0 Å². The van der Waals surface area contributed by atoms with Crippen molar-refractivity contribution in [2.75, 3.05) is 37.6 Å². The van der Waals surface area contributed by atoms with E-state index >= 15 is 0 Å². The van der Waals surface area contributed by atoms with Crippen molar-refractivity contribution in [2.24, 2.45) is 0 Å². The molecule has 0 amide bonds. The Labute approximate surface area is 182 Å². The molecule has 0 atom stereocenters. The molecule has 1 saturated heterocycles. The molecule has 31 heavy (non-hydrogen) atoms. The Balaban J connectivity index is 1.22. The Bertz CT molecular complexity index is 976. The number of hydrogen-bond acceptors (Lipinski definition) is 4. The molecule has 2 aliphatic rings. The molecule has 0 unspecified atom stereocenters. The molecule has 0 radical (unpaired) electrons. The predicted octanol–water partition coefficient (Wildman–Crippen LogP) is 5.05. The number of benzene rings is 3. The lowest BCUT2D eigenvalue weighted by atomic mass is 10.00. The van der Waals surface area contributed by atoms with E-state index in [0.717, 1.165) is 56.2 Å². The van der Waals surface area contributed by atoms with Crippen LogP contribution in [0.15, 0.2) is 78.9 Å². The number of nitrogens with zero attached hydrogens (tertiary/aromatic N) is 2. The SMILES string of the molecule is Fc1ccc(C2(CCCN3CCN(c4ccccc4)CC3)Oc3ccccc3O2)cc1. The first-order valence-electron chi connectivity index (χ1n) is 11.0. The minimum atomic E-state index is -0.900. The van der Waals surface area contributed by atoms with Gasteiger partial charge in [-0.3, -0.25) is 4.90 Å². The molecular formula is C26H27FN2O2. The summed E-state index contributed by atoms with van der Waals surface area (Å²) in [5.41, 5.74) is 2.14. The van der Waals surface area contributed by atoms with Gasteiger partial charge in [0.15, 0.2) is 11.5 Å². The number of fused-ring (bicyclic) bond motifs is 1. The van der Waals surface area contributed by atoms with Gasteiger partial charge in [-0.1, -0.05) is 30.3 Å². The molecule has 0 aliphatic carbocycles. The van der Waals surface area contributed by atoms with Crippen molar-refractivity contribution in [1.29, 1.82) is 0 Å². The molecular weight excluding hydrogens is 391 g/mol. The minimum Gasteiger partial charge on any atom is -0.444 e. The second kappa shape index (κ2) is 8.60. The Morgan fingerprint density at radius 1 is 0.742 bits per heavy atom. The summed E-state index contributed by atoms with van der Waals surface area (Å²) in [6, 6.07) is 24.8. The molecule has 1 fully saturated rings. The van der Waals surface area contributed by atoms with Crippen LogP contribution in [-0.4, -0.2) is 37.6 Å². The Hall–Kier alpha value is -3.05. The average Bonchev–Trinajstić information content (AvgIpc) is 3.20. The smallest absolute Gasteiger partial charge is 0.278 e. The summed E-state index contributed by atoms with van der Waals surface area (Å²) in [7, 11) is 0. The summed E-state index contributed by atoms with van der Waals surface area (Å²) in [4.78, 5) is 4.94. The lowest BCUT2D eigenvalue weighted by molar-refractivity contribution is -0.0954. The van der Waals surface area contributed by atoms with E-state index in [1.807, 2.05) is 24.3 Å². The number of ether oxygens (including phenoxy) is 2. The highest BCUT2D eigenvalue weighted by Crippen LogP contribution is 2.46. The van der Waals surface area contributed by atoms with Crippen molar-refractivity contribution >= 4 is 5.69 Å². The third kappa shape index (κ3) is 4.23. The topological polar surface area (TPSA) is 24.9 Å². The number of rotatable bonds is 6. The van der Waals surface area contributed by atoms with Crippen molar-refractivity contribution in [2.45, 2.75) is 18.6 Å². The van der Waals surface area contributed by atoms with Gasteiger partial charge in [-0.05, 0) is 61.5 Å². The molecule has 0 N–H and O–H groups in total. The van der Waals surface area contributed by atoms with Gasteiger partial charge < -0.3 is 14.4 Å². The second-order valence-corrected chi connectivity index (χ2v) is 8.18. The van der Waals surface area contributed by atoms with Crippen LogP contribution in [-0.2, 0) is 5.79 Å². The minimum absolute atomic E-state index is 0.259. The Morgan fingerprint density at radius 3 is 2.00 bits per heavy atom. The van der Waals surface area contributed by atoms with E-state index in [-0.39, 0.29) is 5.82 Å². The van der Waals surface area contributed by atoms with E-state index in [1.165, 1.54) is 17.8 Å². The van der Waals surface area contributed by atoms with Gasteiger partial charge in [0.25, 0.3) is 5.79 Å². The van der Waals surface area contributed by atoms with Crippen LogP contribution in [0.2, 0.25) is 0 Å². The van der Waals surface area contributed by atoms with Crippen LogP contribution in [0.4, 0.5) is 10.1 Å².